The number of hydrogen-bond acceptors (Lipinski definition) is 5. The van der Waals surface area contributed by atoms with Crippen LogP contribution in [0.25, 0.3) is 22.5 Å². The van der Waals surface area contributed by atoms with Crippen LogP contribution in [0.2, 0.25) is 5.02 Å². The van der Waals surface area contributed by atoms with Crippen molar-refractivity contribution in [3.63, 3.8) is 0 Å². The number of aromatic nitrogens is 6. The molecule has 1 N–H and O–H groups in total. The molecule has 0 spiro atoms. The Bertz CT molecular complexity index is 1460. The number of aryl methyl sites for hydroxylation is 1. The number of carbonyl (C=O) groups excluding carboxylic acids is 1. The van der Waals surface area contributed by atoms with Crippen molar-refractivity contribution in [3.8, 4) is 11.5 Å². The van der Waals surface area contributed by atoms with Crippen LogP contribution in [-0.2, 0) is 0 Å². The highest BCUT2D eigenvalue weighted by Gasteiger charge is 2.18. The molecule has 10 heteroatoms. The van der Waals surface area contributed by atoms with Gasteiger partial charge in [0.2, 0.25) is 0 Å². The van der Waals surface area contributed by atoms with E-state index in [0.717, 1.165) is 15.9 Å². The molecule has 5 rings (SSSR count). The Morgan fingerprint density at radius 1 is 1.06 bits per heavy atom. The number of amides is 1. The third-order valence-corrected chi connectivity index (χ3v) is 5.54. The van der Waals surface area contributed by atoms with Crippen LogP contribution in [0.1, 0.15) is 16.1 Å². The van der Waals surface area contributed by atoms with Gasteiger partial charge >= 0.3 is 0 Å². The van der Waals surface area contributed by atoms with Crippen LogP contribution in [-0.4, -0.2) is 35.4 Å². The van der Waals surface area contributed by atoms with Crippen molar-refractivity contribution < 1.29 is 4.79 Å². The number of fused-ring (bicyclic) bond motifs is 1. The Kier molecular flexibility index (Phi) is 5.20. The quantitative estimate of drug-likeness (QED) is 0.370. The van der Waals surface area contributed by atoms with Gasteiger partial charge in [0.25, 0.3) is 5.91 Å². The van der Waals surface area contributed by atoms with Gasteiger partial charge in [-0.05, 0) is 49.4 Å². The van der Waals surface area contributed by atoms with Gasteiger partial charge in [0.05, 0.1) is 23.0 Å². The standard InChI is InChI=1S/C22H15BrClN7O/c1-13-9-19(28-22(32)14-5-7-15(23)8-6-14)31(29-13)21-18-11-27-30(20(18)25-12-26-21)17-4-2-3-16(24)10-17/h2-12H,1H3,(H,28,32). The minimum atomic E-state index is -0.251. The second-order valence-electron chi connectivity index (χ2n) is 7.01. The summed E-state index contributed by atoms with van der Waals surface area (Å²) in [6.07, 6.45) is 3.11. The van der Waals surface area contributed by atoms with Gasteiger partial charge in [-0.15, -0.1) is 0 Å². The molecule has 0 unspecified atom stereocenters. The molecule has 0 aliphatic rings. The summed E-state index contributed by atoms with van der Waals surface area (Å²) < 4.78 is 4.16. The third-order valence-electron chi connectivity index (χ3n) is 4.78. The lowest BCUT2D eigenvalue weighted by molar-refractivity contribution is 0.102. The lowest BCUT2D eigenvalue weighted by atomic mass is 10.2. The van der Waals surface area contributed by atoms with E-state index in [-0.39, 0.29) is 5.91 Å². The molecule has 32 heavy (non-hydrogen) atoms. The molecule has 0 aliphatic heterocycles. The van der Waals surface area contributed by atoms with Crippen molar-refractivity contribution in [1.82, 2.24) is 29.5 Å². The maximum absolute atomic E-state index is 12.8. The molecule has 8 nitrogen and oxygen atoms in total. The number of nitrogens with one attached hydrogen (secondary N) is 1. The largest absolute Gasteiger partial charge is 0.306 e. The van der Waals surface area contributed by atoms with E-state index in [1.807, 2.05) is 31.2 Å². The Morgan fingerprint density at radius 3 is 2.66 bits per heavy atom. The molecule has 0 radical (unpaired) electrons. The summed E-state index contributed by atoms with van der Waals surface area (Å²) >= 11 is 9.52. The van der Waals surface area contributed by atoms with Gasteiger partial charge in [-0.3, -0.25) is 4.79 Å². The van der Waals surface area contributed by atoms with Crippen molar-refractivity contribution in [2.24, 2.45) is 0 Å². The van der Waals surface area contributed by atoms with Crippen LogP contribution in [0.4, 0.5) is 5.82 Å². The van der Waals surface area contributed by atoms with Gasteiger partial charge in [-0.2, -0.15) is 14.9 Å². The second-order valence-corrected chi connectivity index (χ2v) is 8.37. The van der Waals surface area contributed by atoms with Gasteiger partial charge < -0.3 is 5.32 Å². The van der Waals surface area contributed by atoms with E-state index in [4.69, 9.17) is 11.6 Å². The first-order valence-electron chi connectivity index (χ1n) is 9.58. The highest BCUT2D eigenvalue weighted by atomic mass is 79.9. The summed E-state index contributed by atoms with van der Waals surface area (Å²) in [5.41, 5.74) is 2.62. The lowest BCUT2D eigenvalue weighted by Gasteiger charge is -2.09. The Labute approximate surface area is 196 Å². The fourth-order valence-electron chi connectivity index (χ4n) is 3.34. The molecular formula is C22H15BrClN7O. The number of halogens is 2. The van der Waals surface area contributed by atoms with Gasteiger partial charge in [0, 0.05) is 21.1 Å². The molecular weight excluding hydrogens is 494 g/mol. The van der Waals surface area contributed by atoms with E-state index in [0.29, 0.717) is 33.3 Å². The van der Waals surface area contributed by atoms with E-state index >= 15 is 0 Å². The first-order valence-corrected chi connectivity index (χ1v) is 10.8. The normalized spacial score (nSPS) is 11.1. The molecule has 0 bridgehead atoms. The number of rotatable bonds is 4. The molecule has 158 valence electrons. The van der Waals surface area contributed by atoms with E-state index in [1.165, 1.54) is 6.33 Å². The molecule has 5 aromatic rings. The van der Waals surface area contributed by atoms with Crippen LogP contribution < -0.4 is 5.32 Å². The molecule has 0 atom stereocenters. The highest BCUT2D eigenvalue weighted by molar-refractivity contribution is 9.10. The lowest BCUT2D eigenvalue weighted by Crippen LogP contribution is -2.15. The molecule has 0 saturated carbocycles. The maximum atomic E-state index is 12.8. The summed E-state index contributed by atoms with van der Waals surface area (Å²) in [6, 6.07) is 16.2. The van der Waals surface area contributed by atoms with E-state index in [9.17, 15) is 4.79 Å². The van der Waals surface area contributed by atoms with Crippen molar-refractivity contribution >= 4 is 50.3 Å². The molecule has 0 fully saturated rings. The zero-order chi connectivity index (χ0) is 22.2. The predicted octanol–water partition coefficient (Wildman–Crippen LogP) is 4.98. The van der Waals surface area contributed by atoms with Crippen molar-refractivity contribution in [3.05, 3.63) is 87.9 Å². The highest BCUT2D eigenvalue weighted by Crippen LogP contribution is 2.25. The van der Waals surface area contributed by atoms with Gasteiger partial charge in [0.1, 0.15) is 12.1 Å². The second kappa shape index (κ2) is 8.18. The molecule has 0 aliphatic carbocycles. The SMILES string of the molecule is Cc1cc(NC(=O)c2ccc(Br)cc2)n(-c2ncnc3c2cnn3-c2cccc(Cl)c2)n1. The topological polar surface area (TPSA) is 90.5 Å². The van der Waals surface area contributed by atoms with Crippen LogP contribution in [0.3, 0.4) is 0 Å². The van der Waals surface area contributed by atoms with Crippen molar-refractivity contribution in [2.75, 3.05) is 5.32 Å². The fourth-order valence-corrected chi connectivity index (χ4v) is 3.79. The maximum Gasteiger partial charge on any atom is 0.256 e. The van der Waals surface area contributed by atoms with Crippen LogP contribution in [0, 0.1) is 6.92 Å². The zero-order valence-corrected chi connectivity index (χ0v) is 19.0. The monoisotopic (exact) mass is 507 g/mol. The zero-order valence-electron chi connectivity index (χ0n) is 16.7. The molecule has 2 aromatic carbocycles. The Balaban J connectivity index is 1.56. The van der Waals surface area contributed by atoms with Crippen LogP contribution in [0.15, 0.2) is 71.6 Å². The van der Waals surface area contributed by atoms with E-state index < -0.39 is 0 Å². The smallest absolute Gasteiger partial charge is 0.256 e. The number of benzene rings is 2. The number of nitrogens with zero attached hydrogens (tertiary/aromatic N) is 6. The summed E-state index contributed by atoms with van der Waals surface area (Å²) in [7, 11) is 0. The van der Waals surface area contributed by atoms with Crippen molar-refractivity contribution in [2.45, 2.75) is 6.92 Å². The number of anilines is 1. The first kappa shape index (κ1) is 20.3. The van der Waals surface area contributed by atoms with E-state index in [2.05, 4.69) is 41.4 Å². The fraction of sp³-hybridized carbons (Fsp3) is 0.0455. The summed E-state index contributed by atoms with van der Waals surface area (Å²) in [5.74, 6) is 0.743. The average Bonchev–Trinajstić information content (AvgIpc) is 3.37. The Morgan fingerprint density at radius 2 is 1.88 bits per heavy atom. The average molecular weight is 509 g/mol. The minimum Gasteiger partial charge on any atom is -0.306 e. The molecule has 0 saturated heterocycles. The first-order chi connectivity index (χ1) is 15.5. The minimum absolute atomic E-state index is 0.251. The summed E-state index contributed by atoms with van der Waals surface area (Å²) in [4.78, 5) is 21.6. The van der Waals surface area contributed by atoms with Gasteiger partial charge in [0.15, 0.2) is 11.5 Å². The van der Waals surface area contributed by atoms with Gasteiger partial charge in [-0.1, -0.05) is 33.6 Å². The van der Waals surface area contributed by atoms with Crippen LogP contribution >= 0.6 is 27.5 Å². The van der Waals surface area contributed by atoms with Crippen LogP contribution in [0.5, 0.6) is 0 Å². The number of carbonyl (C=O) groups is 1. The number of hydrogen-bond donors (Lipinski definition) is 1. The molecule has 1 amide bonds. The molecule has 3 heterocycles. The third kappa shape index (κ3) is 3.76. The molecule has 3 aromatic heterocycles. The van der Waals surface area contributed by atoms with Gasteiger partial charge in [-0.25, -0.2) is 14.6 Å². The van der Waals surface area contributed by atoms with Crippen molar-refractivity contribution in [1.29, 1.82) is 0 Å². The summed E-state index contributed by atoms with van der Waals surface area (Å²) in [5, 5.41) is 13.2. The van der Waals surface area contributed by atoms with E-state index in [1.54, 1.807) is 45.9 Å². The Hall–Kier alpha value is -3.56. The summed E-state index contributed by atoms with van der Waals surface area (Å²) in [6.45, 7) is 1.85. The predicted molar refractivity (Wildman–Crippen MR) is 126 cm³/mol.